The van der Waals surface area contributed by atoms with E-state index in [0.29, 0.717) is 5.41 Å². The summed E-state index contributed by atoms with van der Waals surface area (Å²) < 4.78 is 0. The fourth-order valence-corrected chi connectivity index (χ4v) is 5.17. The second-order valence-electron chi connectivity index (χ2n) is 7.23. The maximum Gasteiger partial charge on any atom is -0.0349 e. The first-order valence-electron chi connectivity index (χ1n) is 6.55. The highest BCUT2D eigenvalue weighted by molar-refractivity contribution is 5.02. The highest BCUT2D eigenvalue weighted by atomic mass is 14.6. The molecule has 4 atom stereocenters. The fourth-order valence-electron chi connectivity index (χ4n) is 5.17. The Bertz CT molecular complexity index is 218. The largest absolute Gasteiger partial charge is 0.0776 e. The minimum atomic E-state index is 0. The number of hydrogen-bond donors (Lipinski definition) is 0. The van der Waals surface area contributed by atoms with Gasteiger partial charge in [0, 0.05) is 0 Å². The van der Waals surface area contributed by atoms with E-state index in [-0.39, 0.29) is 7.43 Å². The van der Waals surface area contributed by atoms with Gasteiger partial charge in [-0.05, 0) is 67.1 Å². The van der Waals surface area contributed by atoms with E-state index in [1.165, 1.54) is 12.8 Å². The lowest BCUT2D eigenvalue weighted by Crippen LogP contribution is -2.25. The molecule has 0 spiro atoms. The number of rotatable bonds is 0. The third-order valence-corrected chi connectivity index (χ3v) is 5.35. The van der Waals surface area contributed by atoms with Crippen LogP contribution >= 0.6 is 0 Å². The topological polar surface area (TPSA) is 0 Å². The quantitative estimate of drug-likeness (QED) is 0.539. The summed E-state index contributed by atoms with van der Waals surface area (Å²) in [5.41, 5.74) is 0.668. The van der Waals surface area contributed by atoms with Crippen molar-refractivity contribution in [2.45, 2.75) is 60.3 Å². The van der Waals surface area contributed by atoms with Crippen molar-refractivity contribution in [1.29, 1.82) is 0 Å². The molecular weight excluding hydrogens is 180 g/mol. The van der Waals surface area contributed by atoms with Gasteiger partial charge in [-0.25, -0.2) is 0 Å². The van der Waals surface area contributed by atoms with Gasteiger partial charge in [0.25, 0.3) is 0 Å². The molecule has 0 aromatic carbocycles. The SMILES string of the molecule is C.CC1CC2C3CC(CC(C)(C)C3)C2C1. The molecule has 2 bridgehead atoms. The summed E-state index contributed by atoms with van der Waals surface area (Å²) in [7, 11) is 0. The molecule has 15 heavy (non-hydrogen) atoms. The molecular formula is C15H28. The summed E-state index contributed by atoms with van der Waals surface area (Å²) in [6.45, 7) is 7.46. The lowest BCUT2D eigenvalue weighted by atomic mass is 9.69. The van der Waals surface area contributed by atoms with Crippen molar-refractivity contribution in [1.82, 2.24) is 0 Å². The van der Waals surface area contributed by atoms with Crippen LogP contribution in [0.3, 0.4) is 0 Å². The molecule has 0 heteroatoms. The van der Waals surface area contributed by atoms with Crippen molar-refractivity contribution < 1.29 is 0 Å². The Morgan fingerprint density at radius 3 is 1.80 bits per heavy atom. The molecule has 0 amide bonds. The molecule has 0 saturated heterocycles. The van der Waals surface area contributed by atoms with Crippen LogP contribution in [-0.4, -0.2) is 0 Å². The van der Waals surface area contributed by atoms with Gasteiger partial charge in [-0.2, -0.15) is 0 Å². The van der Waals surface area contributed by atoms with E-state index in [9.17, 15) is 0 Å². The van der Waals surface area contributed by atoms with Crippen LogP contribution in [-0.2, 0) is 0 Å². The van der Waals surface area contributed by atoms with Gasteiger partial charge >= 0.3 is 0 Å². The summed E-state index contributed by atoms with van der Waals surface area (Å²) in [6, 6.07) is 0. The van der Waals surface area contributed by atoms with Gasteiger partial charge in [0.05, 0.1) is 0 Å². The number of fused-ring (bicyclic) bond motifs is 5. The average Bonchev–Trinajstić information content (AvgIpc) is 2.52. The zero-order chi connectivity index (χ0) is 9.92. The molecule has 3 fully saturated rings. The minimum absolute atomic E-state index is 0. The molecule has 3 aliphatic carbocycles. The van der Waals surface area contributed by atoms with E-state index in [0.717, 1.165) is 29.6 Å². The molecule has 3 saturated carbocycles. The fraction of sp³-hybridized carbons (Fsp3) is 1.00. The minimum Gasteiger partial charge on any atom is -0.0776 e. The van der Waals surface area contributed by atoms with Gasteiger partial charge < -0.3 is 0 Å². The Labute approximate surface area is 95.8 Å². The van der Waals surface area contributed by atoms with E-state index >= 15 is 0 Å². The first-order chi connectivity index (χ1) is 6.55. The van der Waals surface area contributed by atoms with Crippen molar-refractivity contribution in [2.75, 3.05) is 0 Å². The molecule has 0 nitrogen and oxygen atoms in total. The van der Waals surface area contributed by atoms with Gasteiger partial charge in [-0.1, -0.05) is 28.2 Å². The van der Waals surface area contributed by atoms with E-state index in [2.05, 4.69) is 20.8 Å². The Kier molecular flexibility index (Phi) is 2.68. The normalized spacial score (nSPS) is 51.0. The van der Waals surface area contributed by atoms with Crippen LogP contribution in [0.1, 0.15) is 60.3 Å². The molecule has 0 N–H and O–H groups in total. The smallest absolute Gasteiger partial charge is 0.0349 e. The Morgan fingerprint density at radius 2 is 1.33 bits per heavy atom. The summed E-state index contributed by atoms with van der Waals surface area (Å²) in [6.07, 6.45) is 7.75. The average molecular weight is 208 g/mol. The van der Waals surface area contributed by atoms with Crippen molar-refractivity contribution >= 4 is 0 Å². The van der Waals surface area contributed by atoms with Gasteiger partial charge in [-0.3, -0.25) is 0 Å². The predicted molar refractivity (Wildman–Crippen MR) is 66.7 cm³/mol. The van der Waals surface area contributed by atoms with Crippen LogP contribution in [0.25, 0.3) is 0 Å². The van der Waals surface area contributed by atoms with Gasteiger partial charge in [0.15, 0.2) is 0 Å². The standard InChI is InChI=1S/C14H24.CH4/c1-9-4-12-10-6-11(13(12)5-9)8-14(2,3)7-10;/h9-13H,4-8H2,1-3H3;1H4. The van der Waals surface area contributed by atoms with Crippen molar-refractivity contribution in [3.8, 4) is 0 Å². The summed E-state index contributed by atoms with van der Waals surface area (Å²) in [5, 5.41) is 0. The molecule has 4 unspecified atom stereocenters. The van der Waals surface area contributed by atoms with Crippen LogP contribution < -0.4 is 0 Å². The molecule has 0 aromatic heterocycles. The third-order valence-electron chi connectivity index (χ3n) is 5.35. The summed E-state index contributed by atoms with van der Waals surface area (Å²) in [4.78, 5) is 0. The molecule has 0 aromatic rings. The summed E-state index contributed by atoms with van der Waals surface area (Å²) in [5.74, 6) is 5.53. The van der Waals surface area contributed by atoms with Crippen molar-refractivity contribution in [3.05, 3.63) is 0 Å². The monoisotopic (exact) mass is 208 g/mol. The maximum atomic E-state index is 2.50. The van der Waals surface area contributed by atoms with Crippen LogP contribution in [0, 0.1) is 35.0 Å². The van der Waals surface area contributed by atoms with Crippen molar-refractivity contribution in [2.24, 2.45) is 35.0 Å². The molecule has 88 valence electrons. The molecule has 3 aliphatic rings. The number of hydrogen-bond acceptors (Lipinski definition) is 0. The molecule has 0 radical (unpaired) electrons. The van der Waals surface area contributed by atoms with E-state index in [1.807, 2.05) is 0 Å². The zero-order valence-corrected chi connectivity index (χ0v) is 9.92. The van der Waals surface area contributed by atoms with Gasteiger partial charge in [0.2, 0.25) is 0 Å². The van der Waals surface area contributed by atoms with Crippen LogP contribution in [0.4, 0.5) is 0 Å². The van der Waals surface area contributed by atoms with Gasteiger partial charge in [-0.15, -0.1) is 0 Å². The van der Waals surface area contributed by atoms with Crippen molar-refractivity contribution in [3.63, 3.8) is 0 Å². The third kappa shape index (κ3) is 1.74. The first kappa shape index (κ1) is 11.5. The lowest BCUT2D eigenvalue weighted by Gasteiger charge is -2.36. The lowest BCUT2D eigenvalue weighted by molar-refractivity contribution is 0.149. The predicted octanol–water partition coefficient (Wildman–Crippen LogP) is 4.74. The molecule has 0 aliphatic heterocycles. The zero-order valence-electron chi connectivity index (χ0n) is 9.92. The maximum absolute atomic E-state index is 2.50. The summed E-state index contributed by atoms with van der Waals surface area (Å²) >= 11 is 0. The second-order valence-corrected chi connectivity index (χ2v) is 7.23. The highest BCUT2D eigenvalue weighted by Crippen LogP contribution is 2.61. The van der Waals surface area contributed by atoms with Crippen LogP contribution in [0.15, 0.2) is 0 Å². The Balaban J connectivity index is 0.000000853. The molecule has 3 rings (SSSR count). The van der Waals surface area contributed by atoms with E-state index in [4.69, 9.17) is 0 Å². The Morgan fingerprint density at radius 1 is 0.867 bits per heavy atom. The van der Waals surface area contributed by atoms with Crippen LogP contribution in [0.2, 0.25) is 0 Å². The molecule has 0 heterocycles. The first-order valence-corrected chi connectivity index (χ1v) is 6.55. The van der Waals surface area contributed by atoms with Crippen LogP contribution in [0.5, 0.6) is 0 Å². The van der Waals surface area contributed by atoms with E-state index < -0.39 is 0 Å². The highest BCUT2D eigenvalue weighted by Gasteiger charge is 2.52. The van der Waals surface area contributed by atoms with Gasteiger partial charge in [0.1, 0.15) is 0 Å². The van der Waals surface area contributed by atoms with E-state index in [1.54, 1.807) is 19.3 Å². The Hall–Kier alpha value is 0. The second kappa shape index (κ2) is 3.50.